The second kappa shape index (κ2) is 8.77. The van der Waals surface area contributed by atoms with Crippen LogP contribution in [0.15, 0.2) is 24.3 Å². The quantitative estimate of drug-likeness (QED) is 0.773. The molecule has 1 saturated heterocycles. The van der Waals surface area contributed by atoms with Crippen molar-refractivity contribution in [3.05, 3.63) is 29.8 Å². The van der Waals surface area contributed by atoms with Gasteiger partial charge in [0.25, 0.3) is 0 Å². The van der Waals surface area contributed by atoms with Crippen molar-refractivity contribution in [2.24, 2.45) is 17.8 Å². The van der Waals surface area contributed by atoms with Crippen molar-refractivity contribution in [2.45, 2.75) is 51.2 Å². The van der Waals surface area contributed by atoms with Crippen LogP contribution < -0.4 is 10.2 Å². The van der Waals surface area contributed by atoms with Gasteiger partial charge in [-0.1, -0.05) is 6.92 Å². The molecule has 0 radical (unpaired) electrons. The Morgan fingerprint density at radius 3 is 2.27 bits per heavy atom. The van der Waals surface area contributed by atoms with E-state index in [1.54, 1.807) is 12.1 Å². The Balaban J connectivity index is 1.18. The molecule has 0 bridgehead atoms. The molecular weight excluding hydrogens is 391 g/mol. The van der Waals surface area contributed by atoms with Gasteiger partial charge in [0, 0.05) is 50.4 Å². The van der Waals surface area contributed by atoms with Gasteiger partial charge < -0.3 is 10.2 Å². The van der Waals surface area contributed by atoms with Crippen LogP contribution in [0.1, 0.15) is 44.6 Å². The monoisotopic (exact) mass is 423 g/mol. The highest BCUT2D eigenvalue weighted by Gasteiger charge is 2.44. The molecule has 2 aliphatic carbocycles. The smallest absolute Gasteiger partial charge is 0.369 e. The topological polar surface area (TPSA) is 35.6 Å². The summed E-state index contributed by atoms with van der Waals surface area (Å²) in [4.78, 5) is 17.1. The van der Waals surface area contributed by atoms with Gasteiger partial charge in [0.05, 0.1) is 5.56 Å². The molecule has 0 unspecified atom stereocenters. The molecule has 7 heteroatoms. The number of anilines is 1. The number of hydrogen-bond donors (Lipinski definition) is 1. The number of halogens is 3. The Morgan fingerprint density at radius 1 is 1.03 bits per heavy atom. The van der Waals surface area contributed by atoms with Crippen LogP contribution in [0.3, 0.4) is 0 Å². The Bertz CT molecular complexity index is 720. The lowest BCUT2D eigenvalue weighted by Crippen LogP contribution is -2.47. The Morgan fingerprint density at radius 2 is 1.67 bits per heavy atom. The first-order valence-electron chi connectivity index (χ1n) is 11.2. The van der Waals surface area contributed by atoms with E-state index >= 15 is 0 Å². The molecule has 4 nitrogen and oxygen atoms in total. The van der Waals surface area contributed by atoms with Crippen LogP contribution in [0.5, 0.6) is 0 Å². The predicted octanol–water partition coefficient (Wildman–Crippen LogP) is 4.16. The molecule has 1 N–H and O–H groups in total. The SMILES string of the molecule is C[C@H]1CC[C@H](NC(=O)[C@@H]2C[C@H]2CN2CCN(c3ccc(C(F)(F)F)cc3)CC2)CC1. The molecule has 30 heavy (non-hydrogen) atoms. The molecule has 4 rings (SSSR count). The van der Waals surface area contributed by atoms with Gasteiger partial charge in [0.2, 0.25) is 5.91 Å². The number of amides is 1. The van der Waals surface area contributed by atoms with Gasteiger partial charge >= 0.3 is 6.18 Å². The number of carbonyl (C=O) groups is 1. The summed E-state index contributed by atoms with van der Waals surface area (Å²) in [5.74, 6) is 1.64. The maximum Gasteiger partial charge on any atom is 0.416 e. The summed E-state index contributed by atoms with van der Waals surface area (Å²) in [5.41, 5.74) is 0.235. The molecular formula is C23H32F3N3O. The second-order valence-electron chi connectivity index (χ2n) is 9.40. The number of alkyl halides is 3. The third kappa shape index (κ3) is 5.29. The zero-order valence-electron chi connectivity index (χ0n) is 17.6. The highest BCUT2D eigenvalue weighted by atomic mass is 19.4. The van der Waals surface area contributed by atoms with Gasteiger partial charge in [-0.15, -0.1) is 0 Å². The Kier molecular flexibility index (Phi) is 6.28. The van der Waals surface area contributed by atoms with Crippen LogP contribution >= 0.6 is 0 Å². The van der Waals surface area contributed by atoms with Crippen molar-refractivity contribution >= 4 is 11.6 Å². The molecule has 2 saturated carbocycles. The van der Waals surface area contributed by atoms with E-state index in [4.69, 9.17) is 0 Å². The van der Waals surface area contributed by atoms with Crippen molar-refractivity contribution in [1.82, 2.24) is 10.2 Å². The number of piperazine rings is 1. The van der Waals surface area contributed by atoms with Gasteiger partial charge in [0.15, 0.2) is 0 Å². The second-order valence-corrected chi connectivity index (χ2v) is 9.40. The summed E-state index contributed by atoms with van der Waals surface area (Å²) in [6, 6.07) is 5.80. The maximum atomic E-state index is 12.7. The molecule has 1 amide bonds. The summed E-state index contributed by atoms with van der Waals surface area (Å²) < 4.78 is 38.2. The Labute approximate surface area is 176 Å². The lowest BCUT2D eigenvalue weighted by Gasteiger charge is -2.36. The number of nitrogens with zero attached hydrogens (tertiary/aromatic N) is 2. The zero-order valence-corrected chi connectivity index (χ0v) is 17.6. The number of nitrogens with one attached hydrogen (secondary N) is 1. The standard InChI is InChI=1S/C23H32F3N3O/c1-16-2-6-19(7-3-16)27-22(30)21-14-17(21)15-28-10-12-29(13-11-28)20-8-4-18(5-9-20)23(24,25)26/h4-5,8-9,16-17,19,21H,2-3,6-7,10-15H2,1H3,(H,27,30)/t16-,17-,19-,21+/m0/s1. The van der Waals surface area contributed by atoms with E-state index in [1.807, 2.05) is 0 Å². The fraction of sp³-hybridized carbons (Fsp3) is 0.696. The summed E-state index contributed by atoms with van der Waals surface area (Å²) in [7, 11) is 0. The fourth-order valence-corrected chi connectivity index (χ4v) is 4.86. The predicted molar refractivity (Wildman–Crippen MR) is 111 cm³/mol. The van der Waals surface area contributed by atoms with E-state index in [0.717, 1.165) is 75.7 Å². The highest BCUT2D eigenvalue weighted by molar-refractivity contribution is 5.81. The largest absolute Gasteiger partial charge is 0.416 e. The van der Waals surface area contributed by atoms with E-state index in [2.05, 4.69) is 22.0 Å². The minimum absolute atomic E-state index is 0.164. The van der Waals surface area contributed by atoms with E-state index in [1.165, 1.54) is 12.8 Å². The molecule has 3 aliphatic rings. The molecule has 0 aromatic heterocycles. The van der Waals surface area contributed by atoms with Crippen molar-refractivity contribution in [2.75, 3.05) is 37.6 Å². The molecule has 1 heterocycles. The van der Waals surface area contributed by atoms with Crippen molar-refractivity contribution < 1.29 is 18.0 Å². The number of benzene rings is 1. The maximum absolute atomic E-state index is 12.7. The van der Waals surface area contributed by atoms with Gasteiger partial charge in [-0.25, -0.2) is 0 Å². The number of carbonyl (C=O) groups excluding carboxylic acids is 1. The first-order chi connectivity index (χ1) is 14.3. The van der Waals surface area contributed by atoms with Crippen molar-refractivity contribution in [3.63, 3.8) is 0 Å². The molecule has 2 atom stereocenters. The van der Waals surface area contributed by atoms with E-state index in [-0.39, 0.29) is 11.8 Å². The van der Waals surface area contributed by atoms with Crippen molar-refractivity contribution in [3.8, 4) is 0 Å². The normalized spacial score (nSPS) is 30.2. The summed E-state index contributed by atoms with van der Waals surface area (Å²) in [5, 5.41) is 3.27. The average Bonchev–Trinajstić information content (AvgIpc) is 3.49. The highest BCUT2D eigenvalue weighted by Crippen LogP contribution is 2.40. The summed E-state index contributed by atoms with van der Waals surface area (Å²) in [6.45, 7) is 6.59. The van der Waals surface area contributed by atoms with Crippen LogP contribution in [0.4, 0.5) is 18.9 Å². The van der Waals surface area contributed by atoms with Gasteiger partial charge in [0.1, 0.15) is 0 Å². The van der Waals surface area contributed by atoms with Crippen LogP contribution in [-0.4, -0.2) is 49.6 Å². The molecule has 166 valence electrons. The summed E-state index contributed by atoms with van der Waals surface area (Å²) >= 11 is 0. The Hall–Kier alpha value is -1.76. The minimum atomic E-state index is -4.29. The molecule has 1 aromatic carbocycles. The summed E-state index contributed by atoms with van der Waals surface area (Å²) in [6.07, 6.45) is 1.32. The average molecular weight is 424 g/mol. The zero-order chi connectivity index (χ0) is 21.3. The van der Waals surface area contributed by atoms with Gasteiger partial charge in [-0.2, -0.15) is 13.2 Å². The third-order valence-electron chi connectivity index (χ3n) is 7.05. The van der Waals surface area contributed by atoms with Gasteiger partial charge in [-0.05, 0) is 68.2 Å². The van der Waals surface area contributed by atoms with E-state index in [9.17, 15) is 18.0 Å². The van der Waals surface area contributed by atoms with E-state index in [0.29, 0.717) is 12.0 Å². The van der Waals surface area contributed by atoms with Crippen molar-refractivity contribution in [1.29, 1.82) is 0 Å². The fourth-order valence-electron chi connectivity index (χ4n) is 4.86. The van der Waals surface area contributed by atoms with Crippen LogP contribution in [0.2, 0.25) is 0 Å². The lowest BCUT2D eigenvalue weighted by molar-refractivity contribution is -0.137. The molecule has 3 fully saturated rings. The van der Waals surface area contributed by atoms with Crippen LogP contribution in [0.25, 0.3) is 0 Å². The number of rotatable bonds is 5. The third-order valence-corrected chi connectivity index (χ3v) is 7.05. The first kappa shape index (κ1) is 21.5. The minimum Gasteiger partial charge on any atom is -0.369 e. The molecule has 1 aliphatic heterocycles. The number of hydrogen-bond acceptors (Lipinski definition) is 3. The molecule has 1 aromatic rings. The van der Waals surface area contributed by atoms with Crippen LogP contribution in [-0.2, 0) is 11.0 Å². The van der Waals surface area contributed by atoms with Gasteiger partial charge in [-0.3, -0.25) is 9.69 Å². The van der Waals surface area contributed by atoms with E-state index < -0.39 is 11.7 Å². The lowest BCUT2D eigenvalue weighted by atomic mass is 9.87. The van der Waals surface area contributed by atoms with Crippen LogP contribution in [0, 0.1) is 17.8 Å². The first-order valence-corrected chi connectivity index (χ1v) is 11.2. The molecule has 0 spiro atoms.